The largest absolute Gasteiger partial charge is 0.334 e. The topological polar surface area (TPSA) is 32.3 Å². The van der Waals surface area contributed by atoms with E-state index in [1.807, 2.05) is 11.9 Å². The van der Waals surface area contributed by atoms with Gasteiger partial charge in [0.25, 0.3) is 5.91 Å². The second kappa shape index (κ2) is 7.48. The molecule has 19 heavy (non-hydrogen) atoms. The van der Waals surface area contributed by atoms with Crippen LogP contribution in [0.2, 0.25) is 5.02 Å². The predicted molar refractivity (Wildman–Crippen MR) is 84.4 cm³/mol. The van der Waals surface area contributed by atoms with Crippen molar-refractivity contribution in [1.29, 1.82) is 0 Å². The summed E-state index contributed by atoms with van der Waals surface area (Å²) in [6.45, 7) is 1.69. The SMILES string of the molecule is CNCC1CCCN1C(=O)c1ccc(Cl)c(Br)c1.Cl. The summed E-state index contributed by atoms with van der Waals surface area (Å²) in [5.41, 5.74) is 0.689. The quantitative estimate of drug-likeness (QED) is 0.888. The molecular formula is C13H17BrCl2N2O. The van der Waals surface area contributed by atoms with E-state index in [-0.39, 0.29) is 18.3 Å². The van der Waals surface area contributed by atoms with Crippen LogP contribution < -0.4 is 5.32 Å². The van der Waals surface area contributed by atoms with E-state index in [1.54, 1.807) is 18.2 Å². The van der Waals surface area contributed by atoms with E-state index in [0.29, 0.717) is 16.6 Å². The number of halogens is 3. The number of carbonyl (C=O) groups is 1. The Hall–Kier alpha value is -0.290. The Labute approximate surface area is 133 Å². The molecule has 1 aliphatic heterocycles. The van der Waals surface area contributed by atoms with Gasteiger partial charge in [0.05, 0.1) is 5.02 Å². The monoisotopic (exact) mass is 366 g/mol. The molecule has 0 bridgehead atoms. The minimum atomic E-state index is 0. The van der Waals surface area contributed by atoms with Gasteiger partial charge in [0, 0.05) is 29.2 Å². The van der Waals surface area contributed by atoms with Crippen LogP contribution in [0.15, 0.2) is 22.7 Å². The smallest absolute Gasteiger partial charge is 0.254 e. The van der Waals surface area contributed by atoms with Crippen LogP contribution in [0.1, 0.15) is 23.2 Å². The average molecular weight is 368 g/mol. The third kappa shape index (κ3) is 3.85. The van der Waals surface area contributed by atoms with Crippen molar-refractivity contribution in [3.8, 4) is 0 Å². The minimum absolute atomic E-state index is 0. The molecule has 1 atom stereocenters. The lowest BCUT2D eigenvalue weighted by Crippen LogP contribution is -2.40. The van der Waals surface area contributed by atoms with Crippen molar-refractivity contribution in [3.63, 3.8) is 0 Å². The van der Waals surface area contributed by atoms with Gasteiger partial charge < -0.3 is 10.2 Å². The van der Waals surface area contributed by atoms with Crippen LogP contribution in [0.5, 0.6) is 0 Å². The summed E-state index contributed by atoms with van der Waals surface area (Å²) in [5.74, 6) is 0.0881. The van der Waals surface area contributed by atoms with Gasteiger partial charge in [-0.15, -0.1) is 12.4 Å². The Morgan fingerprint density at radius 3 is 2.95 bits per heavy atom. The third-order valence-electron chi connectivity index (χ3n) is 3.24. The molecule has 1 fully saturated rings. The number of nitrogens with one attached hydrogen (secondary N) is 1. The molecule has 106 valence electrons. The summed E-state index contributed by atoms with van der Waals surface area (Å²) >= 11 is 9.30. The Balaban J connectivity index is 0.00000180. The highest BCUT2D eigenvalue weighted by molar-refractivity contribution is 9.10. The lowest BCUT2D eigenvalue weighted by molar-refractivity contribution is 0.0737. The highest BCUT2D eigenvalue weighted by Crippen LogP contribution is 2.25. The number of nitrogens with zero attached hydrogens (tertiary/aromatic N) is 1. The van der Waals surface area contributed by atoms with Crippen molar-refractivity contribution in [2.24, 2.45) is 0 Å². The molecule has 1 aliphatic rings. The first-order valence-corrected chi connectivity index (χ1v) is 7.21. The van der Waals surface area contributed by atoms with Crippen LogP contribution in [0.25, 0.3) is 0 Å². The fraction of sp³-hybridized carbons (Fsp3) is 0.462. The second-order valence-electron chi connectivity index (χ2n) is 4.48. The van der Waals surface area contributed by atoms with Crippen LogP contribution in [0.3, 0.4) is 0 Å². The van der Waals surface area contributed by atoms with Gasteiger partial charge in [-0.3, -0.25) is 4.79 Å². The van der Waals surface area contributed by atoms with E-state index >= 15 is 0 Å². The van der Waals surface area contributed by atoms with Gasteiger partial charge in [-0.1, -0.05) is 11.6 Å². The minimum Gasteiger partial charge on any atom is -0.334 e. The van der Waals surface area contributed by atoms with Crippen molar-refractivity contribution in [2.75, 3.05) is 20.1 Å². The predicted octanol–water partition coefficient (Wildman–Crippen LogP) is 3.35. The first-order chi connectivity index (χ1) is 8.63. The van der Waals surface area contributed by atoms with Gasteiger partial charge in [-0.05, 0) is 54.0 Å². The van der Waals surface area contributed by atoms with E-state index in [0.717, 1.165) is 30.4 Å². The maximum atomic E-state index is 12.4. The fourth-order valence-corrected chi connectivity index (χ4v) is 2.84. The zero-order chi connectivity index (χ0) is 13.1. The molecule has 1 N–H and O–H groups in total. The first-order valence-electron chi connectivity index (χ1n) is 6.04. The lowest BCUT2D eigenvalue weighted by Gasteiger charge is -2.24. The molecule has 0 spiro atoms. The molecule has 0 radical (unpaired) electrons. The highest BCUT2D eigenvalue weighted by atomic mass is 79.9. The number of hydrogen-bond donors (Lipinski definition) is 1. The van der Waals surface area contributed by atoms with Gasteiger partial charge >= 0.3 is 0 Å². The van der Waals surface area contributed by atoms with E-state index in [2.05, 4.69) is 21.2 Å². The summed E-state index contributed by atoms with van der Waals surface area (Å²) in [6, 6.07) is 5.63. The van der Waals surface area contributed by atoms with Gasteiger partial charge in [-0.25, -0.2) is 0 Å². The maximum absolute atomic E-state index is 12.4. The van der Waals surface area contributed by atoms with E-state index in [9.17, 15) is 4.79 Å². The number of likely N-dealkylation sites (tertiary alicyclic amines) is 1. The molecule has 1 heterocycles. The second-order valence-corrected chi connectivity index (χ2v) is 5.74. The van der Waals surface area contributed by atoms with Crippen LogP contribution >= 0.6 is 39.9 Å². The van der Waals surface area contributed by atoms with Crippen LogP contribution in [-0.2, 0) is 0 Å². The van der Waals surface area contributed by atoms with Crippen LogP contribution in [0.4, 0.5) is 0 Å². The maximum Gasteiger partial charge on any atom is 0.254 e. The Bertz CT molecular complexity index is 456. The summed E-state index contributed by atoms with van der Waals surface area (Å²) < 4.78 is 0.763. The van der Waals surface area contributed by atoms with Crippen molar-refractivity contribution >= 4 is 45.8 Å². The van der Waals surface area contributed by atoms with E-state index < -0.39 is 0 Å². The highest BCUT2D eigenvalue weighted by Gasteiger charge is 2.28. The molecule has 1 aromatic rings. The van der Waals surface area contributed by atoms with Gasteiger partial charge in [0.2, 0.25) is 0 Å². The third-order valence-corrected chi connectivity index (χ3v) is 4.46. The lowest BCUT2D eigenvalue weighted by atomic mass is 10.1. The Kier molecular flexibility index (Phi) is 6.60. The average Bonchev–Trinajstić information content (AvgIpc) is 2.80. The number of carbonyl (C=O) groups excluding carboxylic acids is 1. The summed E-state index contributed by atoms with van der Waals surface area (Å²) in [5, 5.41) is 3.77. The zero-order valence-electron chi connectivity index (χ0n) is 10.7. The van der Waals surface area contributed by atoms with Gasteiger partial charge in [0.15, 0.2) is 0 Å². The number of amides is 1. The molecular weight excluding hydrogens is 351 g/mol. The molecule has 3 nitrogen and oxygen atoms in total. The number of likely N-dealkylation sites (N-methyl/N-ethyl adjacent to an activating group) is 1. The van der Waals surface area contributed by atoms with Crippen LogP contribution in [0, 0.1) is 0 Å². The Morgan fingerprint density at radius 2 is 2.32 bits per heavy atom. The van der Waals surface area contributed by atoms with Crippen molar-refractivity contribution in [1.82, 2.24) is 10.2 Å². The molecule has 0 aliphatic carbocycles. The molecule has 1 amide bonds. The first kappa shape index (κ1) is 16.8. The molecule has 0 aromatic heterocycles. The molecule has 1 aromatic carbocycles. The molecule has 0 saturated carbocycles. The standard InChI is InChI=1S/C13H16BrClN2O.ClH/c1-16-8-10-3-2-6-17(10)13(18)9-4-5-12(15)11(14)7-9;/h4-5,7,10,16H,2-3,6,8H2,1H3;1H. The number of hydrogen-bond acceptors (Lipinski definition) is 2. The summed E-state index contributed by atoms with van der Waals surface area (Å²) in [6.07, 6.45) is 2.15. The molecule has 1 saturated heterocycles. The summed E-state index contributed by atoms with van der Waals surface area (Å²) in [4.78, 5) is 14.4. The Morgan fingerprint density at radius 1 is 1.58 bits per heavy atom. The van der Waals surface area contributed by atoms with E-state index in [1.165, 1.54) is 0 Å². The molecule has 2 rings (SSSR count). The fourth-order valence-electron chi connectivity index (χ4n) is 2.35. The van der Waals surface area contributed by atoms with Crippen molar-refractivity contribution in [2.45, 2.75) is 18.9 Å². The zero-order valence-corrected chi connectivity index (χ0v) is 13.8. The van der Waals surface area contributed by atoms with E-state index in [4.69, 9.17) is 11.6 Å². The molecule has 6 heteroatoms. The van der Waals surface area contributed by atoms with Gasteiger partial charge in [-0.2, -0.15) is 0 Å². The number of benzene rings is 1. The van der Waals surface area contributed by atoms with Crippen molar-refractivity contribution < 1.29 is 4.79 Å². The van der Waals surface area contributed by atoms with Crippen LogP contribution in [-0.4, -0.2) is 37.0 Å². The molecule has 1 unspecified atom stereocenters. The normalized spacial score (nSPS) is 18.3. The van der Waals surface area contributed by atoms with Crippen molar-refractivity contribution in [3.05, 3.63) is 33.3 Å². The van der Waals surface area contributed by atoms with Gasteiger partial charge in [0.1, 0.15) is 0 Å². The number of rotatable bonds is 3. The summed E-state index contributed by atoms with van der Waals surface area (Å²) in [7, 11) is 1.92.